The van der Waals surface area contributed by atoms with Crippen LogP contribution in [0.3, 0.4) is 0 Å². The Morgan fingerprint density at radius 2 is 2.11 bits per heavy atom. The Balaban J connectivity index is 1.71. The van der Waals surface area contributed by atoms with Gasteiger partial charge in [0, 0.05) is 18.1 Å². The lowest BCUT2D eigenvalue weighted by molar-refractivity contribution is 0.160. The van der Waals surface area contributed by atoms with Crippen molar-refractivity contribution in [2.75, 3.05) is 6.61 Å². The van der Waals surface area contributed by atoms with Crippen LogP contribution in [0.2, 0.25) is 0 Å². The minimum atomic E-state index is -0.117. The zero-order valence-electron chi connectivity index (χ0n) is 12.3. The summed E-state index contributed by atoms with van der Waals surface area (Å²) in [5.41, 5.74) is -0.117. The van der Waals surface area contributed by atoms with Crippen LogP contribution in [-0.4, -0.2) is 38.1 Å². The second-order valence-corrected chi connectivity index (χ2v) is 6.02. The molecule has 19 heavy (non-hydrogen) atoms. The lowest BCUT2D eigenvalue weighted by atomic mass is 9.95. The molecule has 0 radical (unpaired) electrons. The van der Waals surface area contributed by atoms with Gasteiger partial charge in [-0.25, -0.2) is 4.98 Å². The molecule has 2 N–H and O–H groups in total. The molecule has 1 aliphatic rings. The molecule has 1 atom stereocenters. The molecule has 0 spiro atoms. The van der Waals surface area contributed by atoms with E-state index in [-0.39, 0.29) is 12.1 Å². The summed E-state index contributed by atoms with van der Waals surface area (Å²) >= 11 is 0. The average molecular weight is 266 g/mol. The van der Waals surface area contributed by atoms with Crippen molar-refractivity contribution in [3.63, 3.8) is 0 Å². The van der Waals surface area contributed by atoms with Crippen LogP contribution in [0.25, 0.3) is 0 Å². The molecule has 5 heteroatoms. The quantitative estimate of drug-likeness (QED) is 0.701. The number of aryl methyl sites for hydroxylation is 3. The normalized spacial score (nSPS) is 18.5. The number of nitrogens with one attached hydrogen (secondary N) is 1. The van der Waals surface area contributed by atoms with Gasteiger partial charge < -0.3 is 10.4 Å². The van der Waals surface area contributed by atoms with Crippen LogP contribution in [0.4, 0.5) is 0 Å². The summed E-state index contributed by atoms with van der Waals surface area (Å²) in [5.74, 6) is 1.83. The molecule has 5 nitrogen and oxygen atoms in total. The fourth-order valence-corrected chi connectivity index (χ4v) is 2.47. The molecular formula is C14H26N4O. The highest BCUT2D eigenvalue weighted by molar-refractivity contribution is 4.92. The molecule has 2 rings (SSSR count). The van der Waals surface area contributed by atoms with Crippen LogP contribution >= 0.6 is 0 Å². The van der Waals surface area contributed by atoms with E-state index in [2.05, 4.69) is 22.3 Å². The molecule has 1 heterocycles. The summed E-state index contributed by atoms with van der Waals surface area (Å²) in [4.78, 5) is 4.30. The van der Waals surface area contributed by atoms with E-state index in [1.807, 2.05) is 18.5 Å². The largest absolute Gasteiger partial charge is 0.394 e. The summed E-state index contributed by atoms with van der Waals surface area (Å²) < 4.78 is 1.97. The van der Waals surface area contributed by atoms with Gasteiger partial charge in [0.2, 0.25) is 0 Å². The molecule has 0 saturated heterocycles. The number of aliphatic hydroxyl groups is 1. The Labute approximate surface area is 115 Å². The molecule has 1 aliphatic carbocycles. The Morgan fingerprint density at radius 1 is 1.37 bits per heavy atom. The van der Waals surface area contributed by atoms with Crippen molar-refractivity contribution in [3.05, 3.63) is 11.6 Å². The molecule has 108 valence electrons. The minimum absolute atomic E-state index is 0.117. The number of aromatic nitrogens is 3. The first-order valence-electron chi connectivity index (χ1n) is 7.29. The van der Waals surface area contributed by atoms with Gasteiger partial charge in [-0.15, -0.1) is 0 Å². The molecule has 1 unspecified atom stereocenters. The van der Waals surface area contributed by atoms with Crippen molar-refractivity contribution < 1.29 is 5.11 Å². The van der Waals surface area contributed by atoms with Crippen molar-refractivity contribution >= 4 is 0 Å². The molecule has 1 aromatic rings. The first-order valence-corrected chi connectivity index (χ1v) is 7.29. The number of nitrogens with zero attached hydrogens (tertiary/aromatic N) is 3. The lowest BCUT2D eigenvalue weighted by Gasteiger charge is -2.29. The maximum Gasteiger partial charge on any atom is 0.147 e. The van der Waals surface area contributed by atoms with Crippen molar-refractivity contribution in [1.29, 1.82) is 0 Å². The van der Waals surface area contributed by atoms with E-state index in [9.17, 15) is 5.11 Å². The highest BCUT2D eigenvalue weighted by atomic mass is 16.3. The average Bonchev–Trinajstić information content (AvgIpc) is 3.10. The summed E-state index contributed by atoms with van der Waals surface area (Å²) in [7, 11) is 0. The monoisotopic (exact) mass is 266 g/mol. The van der Waals surface area contributed by atoms with Gasteiger partial charge in [-0.1, -0.05) is 0 Å². The highest BCUT2D eigenvalue weighted by Crippen LogP contribution is 2.25. The predicted octanol–water partition coefficient (Wildman–Crippen LogP) is 1.57. The first-order chi connectivity index (χ1) is 9.02. The molecule has 0 aromatic carbocycles. The van der Waals surface area contributed by atoms with E-state index in [0.717, 1.165) is 37.5 Å². The van der Waals surface area contributed by atoms with Crippen LogP contribution in [-0.2, 0) is 6.54 Å². The zero-order valence-corrected chi connectivity index (χ0v) is 12.3. The van der Waals surface area contributed by atoms with E-state index in [4.69, 9.17) is 0 Å². The molecule has 0 bridgehead atoms. The van der Waals surface area contributed by atoms with Crippen LogP contribution in [0.15, 0.2) is 0 Å². The first kappa shape index (κ1) is 14.5. The van der Waals surface area contributed by atoms with Crippen molar-refractivity contribution in [1.82, 2.24) is 20.1 Å². The second-order valence-electron chi connectivity index (χ2n) is 6.02. The van der Waals surface area contributed by atoms with Crippen molar-refractivity contribution in [2.45, 2.75) is 71.0 Å². The van der Waals surface area contributed by atoms with E-state index in [0.29, 0.717) is 6.04 Å². The smallest absolute Gasteiger partial charge is 0.147 e. The lowest BCUT2D eigenvalue weighted by Crippen LogP contribution is -2.46. The van der Waals surface area contributed by atoms with E-state index >= 15 is 0 Å². The standard InChI is InChI=1S/C14H26N4O/c1-11-15-12(2)18(17-11)9-5-4-8-14(3,10-19)16-13-6-7-13/h13,16,19H,4-10H2,1-3H3. The minimum Gasteiger partial charge on any atom is -0.394 e. The van der Waals surface area contributed by atoms with Crippen LogP contribution in [0, 0.1) is 13.8 Å². The summed E-state index contributed by atoms with van der Waals surface area (Å²) in [6, 6.07) is 0.636. The van der Waals surface area contributed by atoms with Crippen LogP contribution in [0.5, 0.6) is 0 Å². The van der Waals surface area contributed by atoms with Gasteiger partial charge in [0.25, 0.3) is 0 Å². The summed E-state index contributed by atoms with van der Waals surface area (Å²) in [6.45, 7) is 7.16. The number of unbranched alkanes of at least 4 members (excludes halogenated alkanes) is 1. The molecule has 0 aliphatic heterocycles. The Kier molecular flexibility index (Phi) is 4.58. The molecular weight excluding hydrogens is 240 g/mol. The molecule has 1 aromatic heterocycles. The molecule has 1 fully saturated rings. The SMILES string of the molecule is Cc1nc(C)n(CCCCC(C)(CO)NC2CC2)n1. The van der Waals surface area contributed by atoms with Gasteiger partial charge >= 0.3 is 0 Å². The van der Waals surface area contributed by atoms with Crippen molar-refractivity contribution in [3.8, 4) is 0 Å². The van der Waals surface area contributed by atoms with Crippen molar-refractivity contribution in [2.24, 2.45) is 0 Å². The number of rotatable bonds is 8. The number of hydrogen-bond donors (Lipinski definition) is 2. The van der Waals surface area contributed by atoms with E-state index < -0.39 is 0 Å². The fraction of sp³-hybridized carbons (Fsp3) is 0.857. The zero-order chi connectivity index (χ0) is 13.9. The van der Waals surface area contributed by atoms with Crippen LogP contribution in [0.1, 0.15) is 50.7 Å². The van der Waals surface area contributed by atoms with Gasteiger partial charge in [-0.3, -0.25) is 4.68 Å². The van der Waals surface area contributed by atoms with Gasteiger partial charge in [0.05, 0.1) is 6.61 Å². The Bertz CT molecular complexity index is 414. The summed E-state index contributed by atoms with van der Waals surface area (Å²) in [5, 5.41) is 17.4. The maximum absolute atomic E-state index is 9.54. The Hall–Kier alpha value is -0.940. The van der Waals surface area contributed by atoms with Gasteiger partial charge in [-0.05, 0) is 52.9 Å². The topological polar surface area (TPSA) is 63.0 Å². The van der Waals surface area contributed by atoms with Crippen LogP contribution < -0.4 is 5.32 Å². The van der Waals surface area contributed by atoms with Gasteiger partial charge in [-0.2, -0.15) is 5.10 Å². The third-order valence-corrected chi connectivity index (χ3v) is 3.79. The van der Waals surface area contributed by atoms with E-state index in [1.165, 1.54) is 12.8 Å². The maximum atomic E-state index is 9.54. The summed E-state index contributed by atoms with van der Waals surface area (Å²) in [6.07, 6.45) is 5.69. The third-order valence-electron chi connectivity index (χ3n) is 3.79. The number of hydrogen-bond acceptors (Lipinski definition) is 4. The van der Waals surface area contributed by atoms with Gasteiger partial charge in [0.15, 0.2) is 0 Å². The molecule has 1 saturated carbocycles. The fourth-order valence-electron chi connectivity index (χ4n) is 2.47. The highest BCUT2D eigenvalue weighted by Gasteiger charge is 2.31. The third kappa shape index (κ3) is 4.28. The predicted molar refractivity (Wildman–Crippen MR) is 75.0 cm³/mol. The van der Waals surface area contributed by atoms with E-state index in [1.54, 1.807) is 0 Å². The number of aliphatic hydroxyl groups excluding tert-OH is 1. The second kappa shape index (κ2) is 6.01. The Morgan fingerprint density at radius 3 is 2.63 bits per heavy atom. The van der Waals surface area contributed by atoms with Gasteiger partial charge in [0.1, 0.15) is 11.6 Å². The molecule has 0 amide bonds.